The average Bonchev–Trinajstić information content (AvgIpc) is 3.24. The number of phenolic OH excluding ortho intramolecular Hbond substituents is 1. The van der Waals surface area contributed by atoms with E-state index in [-0.39, 0.29) is 101 Å². The van der Waals surface area contributed by atoms with Crippen LogP contribution in [0.2, 0.25) is 0 Å². The van der Waals surface area contributed by atoms with Crippen molar-refractivity contribution >= 4 is 61.6 Å². The van der Waals surface area contributed by atoms with Crippen molar-refractivity contribution < 1.29 is 75.4 Å². The number of nitrogens with zero attached hydrogens (tertiary/aromatic N) is 2. The molecule has 0 fully saturated rings. The lowest BCUT2D eigenvalue weighted by atomic mass is 10.1. The number of carbonyl (C=O) groups is 4. The minimum atomic E-state index is -1.33. The summed E-state index contributed by atoms with van der Waals surface area (Å²) in [5.41, 5.74) is -2.08. The van der Waals surface area contributed by atoms with Crippen molar-refractivity contribution in [3.63, 3.8) is 0 Å². The quantitative estimate of drug-likeness (QED) is 0.0630. The summed E-state index contributed by atoms with van der Waals surface area (Å²) in [6.45, 7) is 8.12. The van der Waals surface area contributed by atoms with Gasteiger partial charge in [-0.3, -0.25) is 14.4 Å². The van der Waals surface area contributed by atoms with Crippen molar-refractivity contribution in [2.45, 2.75) is 55.1 Å². The average molecular weight is 1000 g/mol. The predicted octanol–water partition coefficient (Wildman–Crippen LogP) is 9.27. The molecule has 16 nitrogen and oxygen atoms in total. The van der Waals surface area contributed by atoms with Crippen molar-refractivity contribution in [1.29, 1.82) is 0 Å². The number of hydrogen-bond acceptors (Lipinski definition) is 13. The smallest absolute Gasteiger partial charge is 0.343 e. The molecule has 4 heterocycles. The van der Waals surface area contributed by atoms with E-state index in [1.807, 2.05) is 20.8 Å². The van der Waals surface area contributed by atoms with Gasteiger partial charge in [0.2, 0.25) is 22.5 Å². The minimum Gasteiger partial charge on any atom is -0.508 e. The molecule has 0 spiro atoms. The third-order valence-corrected chi connectivity index (χ3v) is 9.44. The fourth-order valence-corrected chi connectivity index (χ4v) is 6.58. The number of halogens is 5. The van der Waals surface area contributed by atoms with E-state index in [4.69, 9.17) is 33.5 Å². The van der Waals surface area contributed by atoms with E-state index in [2.05, 4.69) is 15.9 Å². The number of phenols is 1. The first-order valence-electron chi connectivity index (χ1n) is 19.1. The molecular weight excluding hydrogens is 960 g/mol. The number of aromatic nitrogens is 2. The number of hydrogen-bond donors (Lipinski definition) is 2. The predicted molar refractivity (Wildman–Crippen MR) is 239 cm³/mol. The summed E-state index contributed by atoms with van der Waals surface area (Å²) in [7, 11) is 0. The summed E-state index contributed by atoms with van der Waals surface area (Å²) < 4.78 is 90.2. The van der Waals surface area contributed by atoms with Crippen LogP contribution in [0.1, 0.15) is 70.2 Å². The van der Waals surface area contributed by atoms with E-state index in [0.717, 1.165) is 6.07 Å². The van der Waals surface area contributed by atoms with Crippen molar-refractivity contribution in [2.75, 3.05) is 25.2 Å². The number of aromatic hydroxyl groups is 1. The summed E-state index contributed by atoms with van der Waals surface area (Å²) in [5.74, 6) is -9.44. The lowest BCUT2D eigenvalue weighted by molar-refractivity contribution is -0.151. The Morgan fingerprint density at radius 3 is 1.57 bits per heavy atom. The normalized spacial score (nSPS) is 11.3. The molecule has 2 aliphatic heterocycles. The first-order valence-corrected chi connectivity index (χ1v) is 20.3. The molecule has 0 atom stereocenters. The first-order chi connectivity index (χ1) is 30.7. The van der Waals surface area contributed by atoms with Gasteiger partial charge in [-0.25, -0.2) is 23.2 Å². The Labute approximate surface area is 386 Å². The second-order valence-electron chi connectivity index (χ2n) is 14.6. The van der Waals surface area contributed by atoms with Gasteiger partial charge >= 0.3 is 23.9 Å². The molecule has 2 aromatic heterocycles. The van der Waals surface area contributed by atoms with E-state index < -0.39 is 70.1 Å². The van der Waals surface area contributed by atoms with Gasteiger partial charge in [-0.1, -0.05) is 30.8 Å². The number of alkyl halides is 1. The number of fused-ring (bicyclic) bond motifs is 4. The molecule has 0 unspecified atom stereocenters. The summed E-state index contributed by atoms with van der Waals surface area (Å²) in [4.78, 5) is 71.0. The molecule has 2 aliphatic rings. The second-order valence-corrected chi connectivity index (χ2v) is 15.2. The molecule has 0 amide bonds. The van der Waals surface area contributed by atoms with Crippen LogP contribution in [-0.4, -0.2) is 74.0 Å². The highest BCUT2D eigenvalue weighted by Gasteiger charge is 2.31. The highest BCUT2D eigenvalue weighted by atomic mass is 79.9. The van der Waals surface area contributed by atoms with E-state index in [1.54, 1.807) is 13.8 Å². The maximum atomic E-state index is 14.5. The lowest BCUT2D eigenvalue weighted by Crippen LogP contribution is -2.24. The van der Waals surface area contributed by atoms with Crippen molar-refractivity contribution in [1.82, 2.24) is 9.13 Å². The molecule has 2 N–H and O–H groups in total. The number of carbonyl (C=O) groups excluding carboxylic acids is 3. The fraction of sp³-hybridized carbons (Fsp3) is 0.261. The van der Waals surface area contributed by atoms with Crippen LogP contribution in [0.5, 0.6) is 34.5 Å². The van der Waals surface area contributed by atoms with Crippen LogP contribution in [-0.2, 0) is 23.8 Å². The van der Waals surface area contributed by atoms with Gasteiger partial charge in [-0.05, 0) is 71.0 Å². The molecule has 21 heteroatoms. The minimum absolute atomic E-state index is 0. The maximum absolute atomic E-state index is 14.5. The van der Waals surface area contributed by atoms with Crippen molar-refractivity contribution in [2.24, 2.45) is 0 Å². The van der Waals surface area contributed by atoms with E-state index >= 15 is 0 Å². The lowest BCUT2D eigenvalue weighted by Gasteiger charge is -2.24. The Bertz CT molecular complexity index is 3070. The highest BCUT2D eigenvalue weighted by Crippen LogP contribution is 2.45. The topological polar surface area (TPSA) is 208 Å². The molecule has 0 saturated carbocycles. The van der Waals surface area contributed by atoms with Crippen LogP contribution in [0.4, 0.5) is 17.6 Å². The molecule has 0 radical (unpaired) electrons. The molecule has 356 valence electrons. The number of carboxylic acids is 1. The molecular formula is C46H43BrF4N2O14. The second kappa shape index (κ2) is 20.8. The zero-order valence-corrected chi connectivity index (χ0v) is 36.3. The zero-order chi connectivity index (χ0) is 47.7. The van der Waals surface area contributed by atoms with Gasteiger partial charge in [-0.2, -0.15) is 8.78 Å². The molecule has 4 aromatic carbocycles. The Hall–Kier alpha value is -7.42. The van der Waals surface area contributed by atoms with Crippen LogP contribution in [0.15, 0.2) is 70.5 Å². The number of benzene rings is 4. The molecule has 8 rings (SSSR count). The first kappa shape index (κ1) is 52.2. The summed E-state index contributed by atoms with van der Waals surface area (Å²) in [5, 5.41) is 18.2. The Kier molecular flexibility index (Phi) is 16.2. The van der Waals surface area contributed by atoms with Crippen LogP contribution in [0, 0.1) is 23.3 Å². The summed E-state index contributed by atoms with van der Waals surface area (Å²) in [6.07, 6.45) is 2.37. The van der Waals surface area contributed by atoms with Crippen LogP contribution < -0.4 is 25.1 Å². The zero-order valence-electron chi connectivity index (χ0n) is 34.7. The van der Waals surface area contributed by atoms with Crippen LogP contribution in [0.3, 0.4) is 0 Å². The highest BCUT2D eigenvalue weighted by molar-refractivity contribution is 9.09. The SMILES string of the molecule is C.C.CC(C)(C)OC(=O)CBr.CCOC(=O)c1cn2c3c(c(F)c(F)cc3c1=O)Oc1cc(O)ccc1-2.CCOC(=O)c1cn2c3c(c(F)c(F)cc3c1=O)Oc1cc(OCC(=O)O)ccc1-2. The van der Waals surface area contributed by atoms with E-state index in [9.17, 15) is 51.4 Å². The Balaban J connectivity index is 0.000000243. The van der Waals surface area contributed by atoms with E-state index in [0.29, 0.717) is 17.4 Å². The van der Waals surface area contributed by atoms with E-state index in [1.165, 1.54) is 57.9 Å². The number of rotatable bonds is 8. The molecule has 0 saturated heterocycles. The Morgan fingerprint density at radius 1 is 0.716 bits per heavy atom. The third-order valence-electron chi connectivity index (χ3n) is 8.98. The van der Waals surface area contributed by atoms with Gasteiger partial charge < -0.3 is 47.8 Å². The van der Waals surface area contributed by atoms with Crippen LogP contribution in [0.25, 0.3) is 33.2 Å². The maximum Gasteiger partial charge on any atom is 0.343 e. The van der Waals surface area contributed by atoms with Gasteiger partial charge in [0.25, 0.3) is 0 Å². The summed E-state index contributed by atoms with van der Waals surface area (Å²) in [6, 6.07) is 9.67. The fourth-order valence-electron chi connectivity index (χ4n) is 6.46. The van der Waals surface area contributed by atoms with Crippen molar-refractivity contribution in [3.05, 3.63) is 116 Å². The molecule has 0 bridgehead atoms. The van der Waals surface area contributed by atoms with Gasteiger partial charge in [-0.15, -0.1) is 0 Å². The van der Waals surface area contributed by atoms with Gasteiger partial charge in [0.15, 0.2) is 41.2 Å². The number of ether oxygens (including phenoxy) is 6. The van der Waals surface area contributed by atoms with Crippen molar-refractivity contribution in [3.8, 4) is 45.9 Å². The summed E-state index contributed by atoms with van der Waals surface area (Å²) >= 11 is 2.99. The van der Waals surface area contributed by atoms with Gasteiger partial charge in [0.1, 0.15) is 44.6 Å². The van der Waals surface area contributed by atoms with Crippen LogP contribution >= 0.6 is 15.9 Å². The Morgan fingerprint density at radius 2 is 1.16 bits per heavy atom. The largest absolute Gasteiger partial charge is 0.508 e. The molecule has 6 aromatic rings. The number of aliphatic carboxylic acids is 1. The van der Waals surface area contributed by atoms with Gasteiger partial charge in [0, 0.05) is 24.5 Å². The third kappa shape index (κ3) is 10.7. The van der Waals surface area contributed by atoms with Gasteiger partial charge in [0.05, 0.1) is 35.4 Å². The number of carboxylic acid groups (broad SMARTS) is 1. The number of pyridine rings is 2. The molecule has 0 aliphatic carbocycles. The standard InChI is InChI=1S/C20H13F2NO7.C18H11F2NO5.C6H11BrO2.2CH4/c1-2-28-20(27)11-7-23-13-4-3-9(29-8-15(24)25)5-14(13)30-19-16(22)12(21)6-10(17(19)23)18(11)26;1-2-25-18(24)10-7-21-12-4-3-8(22)5-13(12)26-17-14(20)11(19)6-9(15(17)21)16(10)23;1-6(2,3)9-5(8)4-7;;/h3-7H,2,8H2,1H3,(H,24,25);3-7,22H,2H2,1H3;4H2,1-3H3;2*1H4. The molecule has 67 heavy (non-hydrogen) atoms. The monoisotopic (exact) mass is 1000 g/mol. The number of esters is 3.